The van der Waals surface area contributed by atoms with Crippen LogP contribution < -0.4 is 21.5 Å². The molecule has 0 aliphatic heterocycles. The second kappa shape index (κ2) is 3.72. The molecule has 1 aromatic rings. The Bertz CT molecular complexity index is 271. The topological polar surface area (TPSA) is 12.9 Å². The fraction of sp³-hybridized carbons (Fsp3) is 0.167. The maximum Gasteiger partial charge on any atom is 0.0650 e. The molecule has 1 rings (SSSR count). The van der Waals surface area contributed by atoms with Crippen LogP contribution in [0.25, 0.3) is 0 Å². The first kappa shape index (κ1) is 9.95. The van der Waals surface area contributed by atoms with Crippen molar-refractivity contribution in [3.05, 3.63) is 5.56 Å². The van der Waals surface area contributed by atoms with Crippen LogP contribution in [0.15, 0.2) is 0 Å². The molecule has 4 unspecified atom stereocenters. The summed E-state index contributed by atoms with van der Waals surface area (Å²) in [5.41, 5.74) is 3.28. The number of hydrogen-bond donors (Lipinski definition) is 0. The average Bonchev–Trinajstić information content (AvgIpc) is 1.97. The summed E-state index contributed by atoms with van der Waals surface area (Å²) in [4.78, 5) is 4.32. The van der Waals surface area contributed by atoms with Crippen LogP contribution >= 0.6 is 37.0 Å². The van der Waals surface area contributed by atoms with Crippen LogP contribution in [-0.2, 0) is 0 Å². The second-order valence-corrected chi connectivity index (χ2v) is 4.58. The SMILES string of the molecule is Cc1c(P)c(P)nc(P)c1P. The van der Waals surface area contributed by atoms with Crippen LogP contribution in [-0.4, -0.2) is 4.98 Å². The summed E-state index contributed by atoms with van der Waals surface area (Å²) in [7, 11) is 10.6. The van der Waals surface area contributed by atoms with Gasteiger partial charge in [-0.15, -0.1) is 18.5 Å². The van der Waals surface area contributed by atoms with Gasteiger partial charge in [0.05, 0.1) is 10.9 Å². The zero-order valence-corrected chi connectivity index (χ0v) is 10.9. The van der Waals surface area contributed by atoms with Gasteiger partial charge in [-0.1, -0.05) is 18.5 Å². The fourth-order valence-electron chi connectivity index (χ4n) is 0.780. The smallest absolute Gasteiger partial charge is 0.0650 e. The molecule has 0 saturated heterocycles. The highest BCUT2D eigenvalue weighted by atomic mass is 31.0. The van der Waals surface area contributed by atoms with Crippen molar-refractivity contribution in [2.45, 2.75) is 6.92 Å². The number of hydrogen-bond acceptors (Lipinski definition) is 1. The van der Waals surface area contributed by atoms with E-state index in [1.165, 1.54) is 16.2 Å². The standard InChI is InChI=1S/C6H11NP4/c1-2-3(8)5(10)7-6(11)4(2)9/h8-11H2,1H3. The van der Waals surface area contributed by atoms with Gasteiger partial charge in [-0.3, -0.25) is 0 Å². The van der Waals surface area contributed by atoms with E-state index < -0.39 is 0 Å². The lowest BCUT2D eigenvalue weighted by molar-refractivity contribution is 1.46. The largest absolute Gasteiger partial charge is 0.248 e. The minimum absolute atomic E-state index is 1.00. The van der Waals surface area contributed by atoms with Crippen LogP contribution in [0.3, 0.4) is 0 Å². The Balaban J connectivity index is 3.46. The Morgan fingerprint density at radius 2 is 1.27 bits per heavy atom. The van der Waals surface area contributed by atoms with Crippen molar-refractivity contribution < 1.29 is 0 Å². The Kier molecular flexibility index (Phi) is 3.37. The number of pyridine rings is 1. The predicted molar refractivity (Wildman–Crippen MR) is 66.4 cm³/mol. The lowest BCUT2D eigenvalue weighted by Gasteiger charge is -2.08. The first-order valence-corrected chi connectivity index (χ1v) is 5.41. The summed E-state index contributed by atoms with van der Waals surface area (Å²) in [6.07, 6.45) is 0. The lowest BCUT2D eigenvalue weighted by atomic mass is 10.3. The Morgan fingerprint density at radius 3 is 1.64 bits per heavy atom. The number of nitrogens with zero attached hydrogens (tertiary/aromatic N) is 1. The van der Waals surface area contributed by atoms with Crippen molar-refractivity contribution in [2.75, 3.05) is 0 Å². The molecule has 1 nitrogen and oxygen atoms in total. The number of rotatable bonds is 0. The summed E-state index contributed by atoms with van der Waals surface area (Å²) in [6, 6.07) is 0. The molecule has 0 bridgehead atoms. The molecule has 0 amide bonds. The first-order valence-electron chi connectivity index (χ1n) is 3.10. The summed E-state index contributed by atoms with van der Waals surface area (Å²) in [5.74, 6) is 0. The van der Waals surface area contributed by atoms with E-state index in [0.29, 0.717) is 0 Å². The number of aromatic nitrogens is 1. The van der Waals surface area contributed by atoms with Gasteiger partial charge in [0.2, 0.25) is 0 Å². The minimum atomic E-state index is 1.00. The quantitative estimate of drug-likeness (QED) is 0.533. The summed E-state index contributed by atoms with van der Waals surface area (Å²) in [5, 5.41) is 2.34. The molecule has 4 atom stereocenters. The van der Waals surface area contributed by atoms with Crippen molar-refractivity contribution in [3.8, 4) is 0 Å². The zero-order chi connectivity index (χ0) is 8.59. The highest BCUT2D eigenvalue weighted by Crippen LogP contribution is 1.99. The van der Waals surface area contributed by atoms with Gasteiger partial charge in [0.1, 0.15) is 0 Å². The van der Waals surface area contributed by atoms with Crippen molar-refractivity contribution in [3.63, 3.8) is 0 Å². The van der Waals surface area contributed by atoms with Gasteiger partial charge in [-0.2, -0.15) is 0 Å². The van der Waals surface area contributed by atoms with Crippen LogP contribution in [0.5, 0.6) is 0 Å². The first-order chi connectivity index (χ1) is 5.04. The van der Waals surface area contributed by atoms with E-state index in [9.17, 15) is 0 Å². The maximum atomic E-state index is 4.32. The summed E-state index contributed by atoms with van der Waals surface area (Å²) >= 11 is 0. The van der Waals surface area contributed by atoms with Gasteiger partial charge in [0.25, 0.3) is 0 Å². The minimum Gasteiger partial charge on any atom is -0.248 e. The predicted octanol–water partition coefficient (Wildman–Crippen LogP) is -0.608. The van der Waals surface area contributed by atoms with Gasteiger partial charge in [-0.25, -0.2) is 4.98 Å². The van der Waals surface area contributed by atoms with E-state index in [4.69, 9.17) is 0 Å². The van der Waals surface area contributed by atoms with Crippen molar-refractivity contribution in [2.24, 2.45) is 0 Å². The molecule has 0 N–H and O–H groups in total. The molecule has 0 aliphatic rings. The molecule has 1 aromatic heterocycles. The maximum absolute atomic E-state index is 4.32. The monoisotopic (exact) mass is 221 g/mol. The van der Waals surface area contributed by atoms with Crippen molar-refractivity contribution >= 4 is 58.4 Å². The van der Waals surface area contributed by atoms with E-state index in [-0.39, 0.29) is 0 Å². The third kappa shape index (κ3) is 1.96. The fourth-order valence-corrected chi connectivity index (χ4v) is 2.25. The molecule has 5 heteroatoms. The Morgan fingerprint density at radius 1 is 0.909 bits per heavy atom. The third-order valence-corrected chi connectivity index (χ3v) is 4.61. The summed E-state index contributed by atoms with van der Waals surface area (Å²) < 4.78 is 0. The molecular weight excluding hydrogens is 210 g/mol. The zero-order valence-electron chi connectivity index (χ0n) is 6.26. The van der Waals surface area contributed by atoms with E-state index in [0.717, 1.165) is 10.9 Å². The highest BCUT2D eigenvalue weighted by molar-refractivity contribution is 7.38. The third-order valence-electron chi connectivity index (χ3n) is 1.60. The lowest BCUT2D eigenvalue weighted by Crippen LogP contribution is -2.33. The van der Waals surface area contributed by atoms with Gasteiger partial charge < -0.3 is 0 Å². The normalized spacial score (nSPS) is 10.3. The van der Waals surface area contributed by atoms with Crippen LogP contribution in [0.1, 0.15) is 5.56 Å². The molecule has 0 spiro atoms. The van der Waals surface area contributed by atoms with Crippen LogP contribution in [0.4, 0.5) is 0 Å². The van der Waals surface area contributed by atoms with Crippen LogP contribution in [0, 0.1) is 6.92 Å². The van der Waals surface area contributed by atoms with E-state index >= 15 is 0 Å². The van der Waals surface area contributed by atoms with Gasteiger partial charge in [0, 0.05) is 0 Å². The van der Waals surface area contributed by atoms with E-state index in [1.807, 2.05) is 0 Å². The van der Waals surface area contributed by atoms with Gasteiger partial charge in [0.15, 0.2) is 0 Å². The molecule has 0 fully saturated rings. The second-order valence-electron chi connectivity index (χ2n) is 2.33. The van der Waals surface area contributed by atoms with E-state index in [1.54, 1.807) is 0 Å². The Hall–Kier alpha value is 0.870. The van der Waals surface area contributed by atoms with Crippen LogP contribution in [0.2, 0.25) is 0 Å². The molecule has 0 aliphatic carbocycles. The van der Waals surface area contributed by atoms with Crippen molar-refractivity contribution in [1.29, 1.82) is 0 Å². The molecule has 0 radical (unpaired) electrons. The average molecular weight is 221 g/mol. The molecule has 0 saturated carbocycles. The molecular formula is C6H11NP4. The Labute approximate surface area is 76.3 Å². The molecule has 60 valence electrons. The highest BCUT2D eigenvalue weighted by Gasteiger charge is 2.04. The van der Waals surface area contributed by atoms with Gasteiger partial charge >= 0.3 is 0 Å². The van der Waals surface area contributed by atoms with Crippen molar-refractivity contribution in [1.82, 2.24) is 4.98 Å². The van der Waals surface area contributed by atoms with E-state index in [2.05, 4.69) is 48.9 Å². The summed E-state index contributed by atoms with van der Waals surface area (Å²) in [6.45, 7) is 2.09. The molecule has 0 aromatic carbocycles. The molecule has 11 heavy (non-hydrogen) atoms. The van der Waals surface area contributed by atoms with Gasteiger partial charge in [-0.05, 0) is 23.1 Å². The molecule has 1 heterocycles.